The number of likely N-dealkylation sites (tertiary alicyclic amines) is 1. The van der Waals surface area contributed by atoms with E-state index >= 15 is 0 Å². The first-order valence-corrected chi connectivity index (χ1v) is 8.82. The van der Waals surface area contributed by atoms with Crippen molar-refractivity contribution in [3.05, 3.63) is 54.4 Å². The lowest BCUT2D eigenvalue weighted by molar-refractivity contribution is -0.132. The van der Waals surface area contributed by atoms with E-state index < -0.39 is 0 Å². The average molecular weight is 339 g/mol. The largest absolute Gasteiger partial charge is 0.497 e. The molecule has 1 aromatic carbocycles. The predicted octanol–water partition coefficient (Wildman–Crippen LogP) is 3.13. The first kappa shape index (κ1) is 17.3. The van der Waals surface area contributed by atoms with Crippen LogP contribution in [0.1, 0.15) is 24.8 Å². The second kappa shape index (κ2) is 8.51. The van der Waals surface area contributed by atoms with Gasteiger partial charge in [0.1, 0.15) is 5.75 Å². The summed E-state index contributed by atoms with van der Waals surface area (Å²) in [5.74, 6) is 1.09. The summed E-state index contributed by atoms with van der Waals surface area (Å²) in [6.07, 6.45) is 6.84. The van der Waals surface area contributed by atoms with Crippen LogP contribution in [0, 0.1) is 0 Å². The van der Waals surface area contributed by atoms with E-state index in [1.165, 1.54) is 0 Å². The zero-order chi connectivity index (χ0) is 17.5. The molecule has 0 bridgehead atoms. The fourth-order valence-electron chi connectivity index (χ4n) is 3.18. The monoisotopic (exact) mass is 339 g/mol. The van der Waals surface area contributed by atoms with Crippen molar-refractivity contribution in [2.24, 2.45) is 0 Å². The summed E-state index contributed by atoms with van der Waals surface area (Å²) in [6.45, 7) is 1.63. The molecule has 0 saturated carbocycles. The molecular formula is C20H25N3O2. The van der Waals surface area contributed by atoms with Crippen LogP contribution in [0.3, 0.4) is 0 Å². The van der Waals surface area contributed by atoms with E-state index in [2.05, 4.69) is 10.3 Å². The lowest BCUT2D eigenvalue weighted by Gasteiger charge is -2.33. The van der Waals surface area contributed by atoms with E-state index in [4.69, 9.17) is 4.74 Å². The van der Waals surface area contributed by atoms with Crippen LogP contribution in [-0.4, -0.2) is 42.0 Å². The Morgan fingerprint density at radius 3 is 2.84 bits per heavy atom. The Balaban J connectivity index is 1.44. The third kappa shape index (κ3) is 4.95. The third-order valence-corrected chi connectivity index (χ3v) is 4.64. The number of ether oxygens (including phenoxy) is 1. The highest BCUT2D eigenvalue weighted by molar-refractivity contribution is 5.76. The van der Waals surface area contributed by atoms with Crippen LogP contribution < -0.4 is 10.1 Å². The minimum atomic E-state index is 0.240. The molecule has 5 nitrogen and oxygen atoms in total. The molecule has 1 aliphatic rings. The number of aromatic nitrogens is 1. The molecule has 5 heteroatoms. The highest BCUT2D eigenvalue weighted by Crippen LogP contribution is 2.21. The van der Waals surface area contributed by atoms with Crippen molar-refractivity contribution in [1.29, 1.82) is 0 Å². The normalized spacial score (nSPS) is 15.0. The number of amides is 1. The van der Waals surface area contributed by atoms with Gasteiger partial charge in [0.2, 0.25) is 5.91 Å². The van der Waals surface area contributed by atoms with Gasteiger partial charge in [-0.1, -0.05) is 12.1 Å². The Bertz CT molecular complexity index is 682. The summed E-state index contributed by atoms with van der Waals surface area (Å²) in [7, 11) is 1.68. The molecule has 0 atom stereocenters. The van der Waals surface area contributed by atoms with Crippen molar-refractivity contribution in [3.63, 3.8) is 0 Å². The predicted molar refractivity (Wildman–Crippen MR) is 98.8 cm³/mol. The van der Waals surface area contributed by atoms with E-state index in [9.17, 15) is 4.79 Å². The van der Waals surface area contributed by atoms with E-state index in [1.54, 1.807) is 13.3 Å². The average Bonchev–Trinajstić information content (AvgIpc) is 2.67. The van der Waals surface area contributed by atoms with Gasteiger partial charge in [-0.25, -0.2) is 0 Å². The van der Waals surface area contributed by atoms with Gasteiger partial charge in [0.15, 0.2) is 0 Å². The van der Waals surface area contributed by atoms with Gasteiger partial charge in [-0.05, 0) is 43.0 Å². The van der Waals surface area contributed by atoms with Crippen LogP contribution in [0.4, 0.5) is 5.69 Å². The first-order valence-electron chi connectivity index (χ1n) is 8.82. The number of hydrogen-bond donors (Lipinski definition) is 1. The quantitative estimate of drug-likeness (QED) is 0.878. The van der Waals surface area contributed by atoms with Crippen LogP contribution in [0.25, 0.3) is 0 Å². The highest BCUT2D eigenvalue weighted by Gasteiger charge is 2.22. The molecule has 1 fully saturated rings. The Labute approximate surface area is 149 Å². The summed E-state index contributed by atoms with van der Waals surface area (Å²) in [4.78, 5) is 18.5. The molecule has 132 valence electrons. The molecule has 0 spiro atoms. The topological polar surface area (TPSA) is 54.5 Å². The van der Waals surface area contributed by atoms with E-state index in [0.717, 1.165) is 49.4 Å². The van der Waals surface area contributed by atoms with Gasteiger partial charge in [-0.3, -0.25) is 9.78 Å². The molecule has 1 saturated heterocycles. The number of carbonyl (C=O) groups is 1. The maximum atomic E-state index is 12.4. The molecule has 1 aliphatic heterocycles. The minimum absolute atomic E-state index is 0.240. The molecule has 1 N–H and O–H groups in total. The summed E-state index contributed by atoms with van der Waals surface area (Å²) in [5, 5.41) is 3.55. The molecule has 1 aromatic heterocycles. The van der Waals surface area contributed by atoms with Gasteiger partial charge >= 0.3 is 0 Å². The molecule has 0 aliphatic carbocycles. The van der Waals surface area contributed by atoms with Gasteiger partial charge < -0.3 is 15.0 Å². The summed E-state index contributed by atoms with van der Waals surface area (Å²) in [6, 6.07) is 12.3. The molecule has 2 heterocycles. The van der Waals surface area contributed by atoms with Gasteiger partial charge in [-0.2, -0.15) is 0 Å². The minimum Gasteiger partial charge on any atom is -0.497 e. The number of nitrogens with zero attached hydrogens (tertiary/aromatic N) is 2. The lowest BCUT2D eigenvalue weighted by atomic mass is 10.0. The number of methoxy groups -OCH3 is 1. The van der Waals surface area contributed by atoms with E-state index in [-0.39, 0.29) is 5.91 Å². The summed E-state index contributed by atoms with van der Waals surface area (Å²) in [5.41, 5.74) is 2.19. The SMILES string of the molecule is COc1cccc(NC2CCN(C(=O)CCc3cccnc3)CC2)c1. The van der Waals surface area contributed by atoms with Gasteiger partial charge in [0.25, 0.3) is 0 Å². The first-order chi connectivity index (χ1) is 12.2. The zero-order valence-electron chi connectivity index (χ0n) is 14.6. The number of rotatable bonds is 6. The Morgan fingerprint density at radius 1 is 1.28 bits per heavy atom. The number of pyridine rings is 1. The van der Waals surface area contributed by atoms with Crippen molar-refractivity contribution in [2.45, 2.75) is 31.7 Å². The van der Waals surface area contributed by atoms with E-state index in [1.807, 2.05) is 47.5 Å². The summed E-state index contributed by atoms with van der Waals surface area (Å²) >= 11 is 0. The van der Waals surface area contributed by atoms with Crippen molar-refractivity contribution in [2.75, 3.05) is 25.5 Å². The maximum absolute atomic E-state index is 12.4. The zero-order valence-corrected chi connectivity index (χ0v) is 14.6. The van der Waals surface area contributed by atoms with Crippen LogP contribution >= 0.6 is 0 Å². The molecule has 25 heavy (non-hydrogen) atoms. The van der Waals surface area contributed by atoms with Gasteiger partial charge in [0.05, 0.1) is 7.11 Å². The number of anilines is 1. The molecule has 1 amide bonds. The fraction of sp³-hybridized carbons (Fsp3) is 0.400. The van der Waals surface area contributed by atoms with Crippen molar-refractivity contribution < 1.29 is 9.53 Å². The standard InChI is InChI=1S/C20H25N3O2/c1-25-19-6-2-5-18(14-19)22-17-9-12-23(13-10-17)20(24)8-7-16-4-3-11-21-15-16/h2-6,11,14-15,17,22H,7-10,12-13H2,1H3. The number of aryl methyl sites for hydroxylation is 1. The highest BCUT2D eigenvalue weighted by atomic mass is 16.5. The van der Waals surface area contributed by atoms with Crippen LogP contribution in [0.15, 0.2) is 48.8 Å². The van der Waals surface area contributed by atoms with Gasteiger partial charge in [0, 0.05) is 49.7 Å². The fourth-order valence-corrected chi connectivity index (χ4v) is 3.18. The lowest BCUT2D eigenvalue weighted by Crippen LogP contribution is -2.42. The molecule has 0 unspecified atom stereocenters. The maximum Gasteiger partial charge on any atom is 0.222 e. The Kier molecular flexibility index (Phi) is 5.88. The Hall–Kier alpha value is -2.56. The number of carbonyl (C=O) groups excluding carboxylic acids is 1. The molecule has 3 rings (SSSR count). The molecule has 2 aromatic rings. The van der Waals surface area contributed by atoms with Crippen molar-refractivity contribution in [3.8, 4) is 5.75 Å². The molecule has 0 radical (unpaired) electrons. The number of nitrogens with one attached hydrogen (secondary N) is 1. The summed E-state index contributed by atoms with van der Waals surface area (Å²) < 4.78 is 5.26. The smallest absolute Gasteiger partial charge is 0.222 e. The number of piperidine rings is 1. The molecular weight excluding hydrogens is 314 g/mol. The number of benzene rings is 1. The third-order valence-electron chi connectivity index (χ3n) is 4.64. The van der Waals surface area contributed by atoms with Crippen molar-refractivity contribution >= 4 is 11.6 Å². The van der Waals surface area contributed by atoms with E-state index in [0.29, 0.717) is 12.5 Å². The second-order valence-corrected chi connectivity index (χ2v) is 6.39. The van der Waals surface area contributed by atoms with Crippen LogP contribution in [0.5, 0.6) is 5.75 Å². The second-order valence-electron chi connectivity index (χ2n) is 6.39. The number of hydrogen-bond acceptors (Lipinski definition) is 4. The van der Waals surface area contributed by atoms with Gasteiger partial charge in [-0.15, -0.1) is 0 Å². The van der Waals surface area contributed by atoms with Crippen LogP contribution in [-0.2, 0) is 11.2 Å². The van der Waals surface area contributed by atoms with Crippen molar-refractivity contribution in [1.82, 2.24) is 9.88 Å². The van der Waals surface area contributed by atoms with Crippen LogP contribution in [0.2, 0.25) is 0 Å². The Morgan fingerprint density at radius 2 is 2.12 bits per heavy atom.